The molecule has 1 aliphatic heterocycles. The average Bonchev–Trinajstić information content (AvgIpc) is 2.47. The lowest BCUT2D eigenvalue weighted by atomic mass is 9.98. The Bertz CT molecular complexity index is 476. The maximum absolute atomic E-state index is 12.5. The van der Waals surface area contributed by atoms with Gasteiger partial charge in [-0.15, -0.1) is 0 Å². The molecule has 1 saturated heterocycles. The van der Waals surface area contributed by atoms with Crippen molar-refractivity contribution in [3.05, 3.63) is 29.8 Å². The lowest BCUT2D eigenvalue weighted by Crippen LogP contribution is -2.45. The fraction of sp³-hybridized carbons (Fsp3) is 0.611. The van der Waals surface area contributed by atoms with Crippen molar-refractivity contribution >= 4 is 11.6 Å². The Hall–Kier alpha value is -1.35. The van der Waals surface area contributed by atoms with Gasteiger partial charge in [0.25, 0.3) is 0 Å². The zero-order chi connectivity index (χ0) is 15.4. The summed E-state index contributed by atoms with van der Waals surface area (Å²) in [4.78, 5) is 14.8. The molecule has 1 amide bonds. The second-order valence-electron chi connectivity index (χ2n) is 6.63. The summed E-state index contributed by atoms with van der Waals surface area (Å²) in [6.45, 7) is 10.7. The Morgan fingerprint density at radius 1 is 1.19 bits per heavy atom. The molecule has 3 heteroatoms. The number of hydrogen-bond acceptors (Lipinski definition) is 2. The van der Waals surface area contributed by atoms with Crippen molar-refractivity contribution in [3.8, 4) is 0 Å². The lowest BCUT2D eigenvalue weighted by molar-refractivity contribution is -0.121. The van der Waals surface area contributed by atoms with E-state index in [-0.39, 0.29) is 11.9 Å². The van der Waals surface area contributed by atoms with Crippen molar-refractivity contribution in [2.75, 3.05) is 18.4 Å². The Morgan fingerprint density at radius 3 is 2.43 bits per heavy atom. The van der Waals surface area contributed by atoms with Crippen LogP contribution in [0.3, 0.4) is 0 Å². The summed E-state index contributed by atoms with van der Waals surface area (Å²) in [7, 11) is 0. The van der Waals surface area contributed by atoms with E-state index in [9.17, 15) is 4.79 Å². The number of nitrogens with zero attached hydrogens (tertiary/aromatic N) is 1. The third-order valence-electron chi connectivity index (χ3n) is 4.59. The number of para-hydroxylation sites is 1. The van der Waals surface area contributed by atoms with E-state index in [1.54, 1.807) is 0 Å². The average molecular weight is 288 g/mol. The summed E-state index contributed by atoms with van der Waals surface area (Å²) in [6, 6.07) is 8.04. The molecule has 0 bridgehead atoms. The van der Waals surface area contributed by atoms with Gasteiger partial charge in [-0.25, -0.2) is 0 Å². The van der Waals surface area contributed by atoms with Gasteiger partial charge in [0, 0.05) is 5.69 Å². The van der Waals surface area contributed by atoms with Crippen molar-refractivity contribution in [1.29, 1.82) is 0 Å². The highest BCUT2D eigenvalue weighted by atomic mass is 16.2. The smallest absolute Gasteiger partial charge is 0.241 e. The first kappa shape index (κ1) is 16.0. The second kappa shape index (κ2) is 7.08. The molecule has 1 N–H and O–H groups in total. The van der Waals surface area contributed by atoms with Crippen molar-refractivity contribution in [2.24, 2.45) is 5.92 Å². The summed E-state index contributed by atoms with van der Waals surface area (Å²) in [6.07, 6.45) is 2.39. The number of nitrogens with one attached hydrogen (secondary N) is 1. The molecule has 0 spiro atoms. The van der Waals surface area contributed by atoms with Crippen LogP contribution >= 0.6 is 0 Å². The van der Waals surface area contributed by atoms with Gasteiger partial charge in [0.1, 0.15) is 0 Å². The minimum atomic E-state index is -0.0577. The third kappa shape index (κ3) is 4.07. The first-order chi connectivity index (χ1) is 9.99. The normalized spacial score (nSPS) is 18.7. The number of anilines is 1. The Balaban J connectivity index is 2.01. The fourth-order valence-corrected chi connectivity index (χ4v) is 2.93. The van der Waals surface area contributed by atoms with Crippen molar-refractivity contribution < 1.29 is 4.79 Å². The van der Waals surface area contributed by atoms with Gasteiger partial charge in [-0.1, -0.05) is 39.0 Å². The van der Waals surface area contributed by atoms with Crippen LogP contribution in [0.5, 0.6) is 0 Å². The van der Waals surface area contributed by atoms with E-state index in [1.807, 2.05) is 25.1 Å². The van der Waals surface area contributed by atoms with Gasteiger partial charge in [0.2, 0.25) is 5.91 Å². The van der Waals surface area contributed by atoms with Crippen LogP contribution in [0.1, 0.15) is 52.0 Å². The molecular weight excluding hydrogens is 260 g/mol. The number of hydrogen-bond donors (Lipinski definition) is 1. The predicted octanol–water partition coefficient (Wildman–Crippen LogP) is 3.87. The number of likely N-dealkylation sites (tertiary alicyclic amines) is 1. The van der Waals surface area contributed by atoms with Crippen LogP contribution in [0.25, 0.3) is 0 Å². The number of rotatable bonds is 4. The number of piperidine rings is 1. The van der Waals surface area contributed by atoms with Crippen LogP contribution in [-0.2, 0) is 4.79 Å². The van der Waals surface area contributed by atoms with E-state index in [0.717, 1.165) is 24.7 Å². The maximum Gasteiger partial charge on any atom is 0.241 e. The molecule has 1 fully saturated rings. The van der Waals surface area contributed by atoms with Crippen LogP contribution in [0.4, 0.5) is 5.69 Å². The van der Waals surface area contributed by atoms with Gasteiger partial charge < -0.3 is 5.32 Å². The quantitative estimate of drug-likeness (QED) is 0.912. The van der Waals surface area contributed by atoms with E-state index in [2.05, 4.69) is 37.1 Å². The molecule has 1 aromatic rings. The molecule has 116 valence electrons. The van der Waals surface area contributed by atoms with Crippen LogP contribution < -0.4 is 5.32 Å². The molecule has 1 aromatic carbocycles. The third-order valence-corrected chi connectivity index (χ3v) is 4.59. The number of carbonyl (C=O) groups excluding carboxylic acids is 1. The van der Waals surface area contributed by atoms with Crippen LogP contribution in [0.15, 0.2) is 24.3 Å². The predicted molar refractivity (Wildman–Crippen MR) is 88.6 cm³/mol. The fourth-order valence-electron chi connectivity index (χ4n) is 2.93. The van der Waals surface area contributed by atoms with Crippen LogP contribution in [0.2, 0.25) is 0 Å². The molecule has 0 saturated carbocycles. The molecule has 0 unspecified atom stereocenters. The Morgan fingerprint density at radius 2 is 1.81 bits per heavy atom. The summed E-state index contributed by atoms with van der Waals surface area (Å²) >= 11 is 0. The molecule has 21 heavy (non-hydrogen) atoms. The van der Waals surface area contributed by atoms with E-state index >= 15 is 0 Å². The first-order valence-electron chi connectivity index (χ1n) is 8.13. The van der Waals surface area contributed by atoms with E-state index in [0.29, 0.717) is 5.92 Å². The van der Waals surface area contributed by atoms with Gasteiger partial charge in [0.15, 0.2) is 0 Å². The highest BCUT2D eigenvalue weighted by Gasteiger charge is 2.25. The summed E-state index contributed by atoms with van der Waals surface area (Å²) in [5, 5.41) is 3.12. The molecule has 0 radical (unpaired) electrons. The molecule has 2 rings (SSSR count). The minimum absolute atomic E-state index is 0.0577. The number of benzene rings is 1. The van der Waals surface area contributed by atoms with Crippen LogP contribution in [0, 0.1) is 5.92 Å². The summed E-state index contributed by atoms with van der Waals surface area (Å²) in [5.74, 6) is 1.31. The van der Waals surface area contributed by atoms with Gasteiger partial charge >= 0.3 is 0 Å². The molecule has 1 aliphatic rings. The summed E-state index contributed by atoms with van der Waals surface area (Å²) < 4.78 is 0. The molecular formula is C18H28N2O. The number of amides is 1. The van der Waals surface area contributed by atoms with Gasteiger partial charge in [-0.3, -0.25) is 9.69 Å². The van der Waals surface area contributed by atoms with Gasteiger partial charge in [-0.05, 0) is 56.3 Å². The van der Waals surface area contributed by atoms with E-state index in [1.165, 1.54) is 18.4 Å². The summed E-state index contributed by atoms with van der Waals surface area (Å²) in [5.41, 5.74) is 2.15. The Kier molecular flexibility index (Phi) is 5.40. The zero-order valence-corrected chi connectivity index (χ0v) is 13.7. The van der Waals surface area contributed by atoms with Gasteiger partial charge in [-0.2, -0.15) is 0 Å². The largest absolute Gasteiger partial charge is 0.324 e. The van der Waals surface area contributed by atoms with E-state index < -0.39 is 0 Å². The molecule has 0 aliphatic carbocycles. The highest BCUT2D eigenvalue weighted by molar-refractivity contribution is 5.95. The number of carbonyl (C=O) groups is 1. The topological polar surface area (TPSA) is 32.3 Å². The van der Waals surface area contributed by atoms with E-state index in [4.69, 9.17) is 0 Å². The minimum Gasteiger partial charge on any atom is -0.324 e. The van der Waals surface area contributed by atoms with Crippen molar-refractivity contribution in [3.63, 3.8) is 0 Å². The zero-order valence-electron chi connectivity index (χ0n) is 13.7. The second-order valence-corrected chi connectivity index (χ2v) is 6.63. The molecule has 1 atom stereocenters. The maximum atomic E-state index is 12.5. The Labute approximate surface area is 128 Å². The van der Waals surface area contributed by atoms with Crippen molar-refractivity contribution in [2.45, 2.75) is 52.5 Å². The molecule has 3 nitrogen and oxygen atoms in total. The molecule has 1 heterocycles. The molecule has 0 aromatic heterocycles. The van der Waals surface area contributed by atoms with Crippen LogP contribution in [-0.4, -0.2) is 29.9 Å². The highest BCUT2D eigenvalue weighted by Crippen LogP contribution is 2.24. The standard InChI is InChI=1S/C18H28N2O/c1-13(2)16-7-5-6-8-17(16)19-18(21)15(4)20-11-9-14(3)10-12-20/h5-8,13-15H,9-12H2,1-4H3,(H,19,21)/t15-/m0/s1. The first-order valence-corrected chi connectivity index (χ1v) is 8.13. The monoisotopic (exact) mass is 288 g/mol. The van der Waals surface area contributed by atoms with Gasteiger partial charge in [0.05, 0.1) is 6.04 Å². The lowest BCUT2D eigenvalue weighted by Gasteiger charge is -2.34. The van der Waals surface area contributed by atoms with Crippen molar-refractivity contribution in [1.82, 2.24) is 4.90 Å². The SMILES string of the molecule is CC1CCN([C@@H](C)C(=O)Nc2ccccc2C(C)C)CC1.